The lowest BCUT2D eigenvalue weighted by atomic mass is 9.98. The summed E-state index contributed by atoms with van der Waals surface area (Å²) < 4.78 is 11.5. The van der Waals surface area contributed by atoms with E-state index in [1.165, 1.54) is 5.56 Å². The van der Waals surface area contributed by atoms with E-state index in [0.29, 0.717) is 18.1 Å². The van der Waals surface area contributed by atoms with Crippen LogP contribution in [-0.2, 0) is 11.4 Å². The molecule has 0 aliphatic carbocycles. The van der Waals surface area contributed by atoms with Crippen molar-refractivity contribution in [3.63, 3.8) is 0 Å². The van der Waals surface area contributed by atoms with Crippen LogP contribution in [-0.4, -0.2) is 13.0 Å². The summed E-state index contributed by atoms with van der Waals surface area (Å²) >= 11 is 0. The third-order valence-corrected chi connectivity index (χ3v) is 5.81. The van der Waals surface area contributed by atoms with Crippen LogP contribution in [0.15, 0.2) is 109 Å². The monoisotopic (exact) mass is 463 g/mol. The van der Waals surface area contributed by atoms with Gasteiger partial charge in [0.25, 0.3) is 0 Å². The van der Waals surface area contributed by atoms with Gasteiger partial charge in [0.2, 0.25) is 5.91 Å². The second-order valence-corrected chi connectivity index (χ2v) is 8.22. The summed E-state index contributed by atoms with van der Waals surface area (Å²) in [6.07, 6.45) is 3.32. The smallest absolute Gasteiger partial charge is 0.244 e. The summed E-state index contributed by atoms with van der Waals surface area (Å²) in [4.78, 5) is 12.8. The number of hydrogen-bond acceptors (Lipinski definition) is 3. The van der Waals surface area contributed by atoms with E-state index in [2.05, 4.69) is 24.4 Å². The van der Waals surface area contributed by atoms with Gasteiger partial charge in [-0.3, -0.25) is 4.79 Å². The number of carbonyl (C=O) groups excluding carboxylic acids is 1. The van der Waals surface area contributed by atoms with Crippen molar-refractivity contribution in [2.75, 3.05) is 7.11 Å². The molecule has 0 aromatic heterocycles. The van der Waals surface area contributed by atoms with E-state index in [4.69, 9.17) is 9.47 Å². The Bertz CT molecular complexity index is 1240. The van der Waals surface area contributed by atoms with Crippen LogP contribution in [0.1, 0.15) is 33.9 Å². The minimum absolute atomic E-state index is 0.179. The van der Waals surface area contributed by atoms with Crippen molar-refractivity contribution in [2.24, 2.45) is 0 Å². The zero-order valence-electron chi connectivity index (χ0n) is 20.0. The molecule has 4 aromatic carbocycles. The molecule has 1 amide bonds. The fourth-order valence-electron chi connectivity index (χ4n) is 3.85. The van der Waals surface area contributed by atoms with Gasteiger partial charge in [0.05, 0.1) is 13.2 Å². The number of ether oxygens (including phenoxy) is 2. The number of benzene rings is 4. The summed E-state index contributed by atoms with van der Waals surface area (Å²) in [7, 11) is 1.61. The largest absolute Gasteiger partial charge is 0.493 e. The van der Waals surface area contributed by atoms with E-state index in [0.717, 1.165) is 22.3 Å². The first-order valence-electron chi connectivity index (χ1n) is 11.6. The van der Waals surface area contributed by atoms with Crippen LogP contribution in [0, 0.1) is 6.92 Å². The zero-order valence-corrected chi connectivity index (χ0v) is 20.0. The molecule has 0 radical (unpaired) electrons. The van der Waals surface area contributed by atoms with Crippen LogP contribution < -0.4 is 14.8 Å². The van der Waals surface area contributed by atoms with Gasteiger partial charge in [0, 0.05) is 6.08 Å². The van der Waals surface area contributed by atoms with Crippen LogP contribution in [0.3, 0.4) is 0 Å². The summed E-state index contributed by atoms with van der Waals surface area (Å²) in [5.41, 5.74) is 5.20. The van der Waals surface area contributed by atoms with Gasteiger partial charge in [-0.25, -0.2) is 0 Å². The Morgan fingerprint density at radius 3 is 2.09 bits per heavy atom. The van der Waals surface area contributed by atoms with Crippen molar-refractivity contribution in [2.45, 2.75) is 19.6 Å². The molecule has 0 heterocycles. The van der Waals surface area contributed by atoms with Crippen molar-refractivity contribution in [3.8, 4) is 11.5 Å². The maximum absolute atomic E-state index is 12.8. The Morgan fingerprint density at radius 1 is 0.829 bits per heavy atom. The van der Waals surface area contributed by atoms with Gasteiger partial charge in [-0.1, -0.05) is 91.0 Å². The van der Waals surface area contributed by atoms with Gasteiger partial charge in [-0.15, -0.1) is 0 Å². The molecule has 0 aliphatic heterocycles. The molecule has 0 spiro atoms. The summed E-state index contributed by atoms with van der Waals surface area (Å²) in [6, 6.07) is 33.4. The molecule has 0 saturated carbocycles. The number of carbonyl (C=O) groups is 1. The van der Waals surface area contributed by atoms with Crippen molar-refractivity contribution in [1.29, 1.82) is 0 Å². The van der Waals surface area contributed by atoms with Gasteiger partial charge >= 0.3 is 0 Å². The Labute approximate surface area is 206 Å². The summed E-state index contributed by atoms with van der Waals surface area (Å²) in [5.74, 6) is 1.10. The molecular formula is C31H29NO3. The second-order valence-electron chi connectivity index (χ2n) is 8.22. The molecule has 0 bridgehead atoms. The van der Waals surface area contributed by atoms with Gasteiger partial charge in [0.15, 0.2) is 11.5 Å². The Balaban J connectivity index is 1.45. The first kappa shape index (κ1) is 23.8. The maximum atomic E-state index is 12.8. The lowest BCUT2D eigenvalue weighted by molar-refractivity contribution is -0.116. The topological polar surface area (TPSA) is 47.6 Å². The maximum Gasteiger partial charge on any atom is 0.244 e. The van der Waals surface area contributed by atoms with Crippen LogP contribution in [0.25, 0.3) is 6.08 Å². The molecule has 0 atom stereocenters. The molecule has 0 fully saturated rings. The number of methoxy groups -OCH3 is 1. The van der Waals surface area contributed by atoms with Gasteiger partial charge in [-0.05, 0) is 52.9 Å². The molecule has 1 N–H and O–H groups in total. The van der Waals surface area contributed by atoms with Crippen LogP contribution in [0.5, 0.6) is 11.5 Å². The van der Waals surface area contributed by atoms with E-state index in [-0.39, 0.29) is 11.9 Å². The number of amides is 1. The normalized spacial score (nSPS) is 10.9. The lowest BCUT2D eigenvalue weighted by Crippen LogP contribution is -2.27. The van der Waals surface area contributed by atoms with E-state index < -0.39 is 0 Å². The first-order valence-corrected chi connectivity index (χ1v) is 11.6. The molecule has 0 saturated heterocycles. The average molecular weight is 464 g/mol. The molecule has 4 heteroatoms. The number of nitrogens with one attached hydrogen (secondary N) is 1. The van der Waals surface area contributed by atoms with Crippen LogP contribution in [0.2, 0.25) is 0 Å². The zero-order chi connectivity index (χ0) is 24.5. The highest BCUT2D eigenvalue weighted by Gasteiger charge is 2.15. The van der Waals surface area contributed by atoms with Crippen LogP contribution in [0.4, 0.5) is 0 Å². The highest BCUT2D eigenvalue weighted by molar-refractivity contribution is 5.92. The highest BCUT2D eigenvalue weighted by Crippen LogP contribution is 2.29. The molecule has 4 aromatic rings. The molecule has 35 heavy (non-hydrogen) atoms. The fraction of sp³-hybridized carbons (Fsp3) is 0.129. The molecule has 0 aliphatic rings. The van der Waals surface area contributed by atoms with Gasteiger partial charge in [-0.2, -0.15) is 0 Å². The lowest BCUT2D eigenvalue weighted by Gasteiger charge is -2.19. The minimum atomic E-state index is -0.235. The third kappa shape index (κ3) is 6.39. The predicted octanol–water partition coefficient (Wildman–Crippen LogP) is 6.50. The van der Waals surface area contributed by atoms with Crippen molar-refractivity contribution in [1.82, 2.24) is 5.32 Å². The quantitative estimate of drug-likeness (QED) is 0.288. The second kappa shape index (κ2) is 11.7. The SMILES string of the molecule is COc1cc(/C=C/C(=O)NC(c2ccccc2)c2ccccc2)ccc1OCc1ccccc1C. The molecule has 4 nitrogen and oxygen atoms in total. The number of aryl methyl sites for hydroxylation is 1. The van der Waals surface area contributed by atoms with Crippen molar-refractivity contribution >= 4 is 12.0 Å². The highest BCUT2D eigenvalue weighted by atomic mass is 16.5. The molecular weight excluding hydrogens is 434 g/mol. The van der Waals surface area contributed by atoms with E-state index >= 15 is 0 Å². The Kier molecular flexibility index (Phi) is 7.97. The van der Waals surface area contributed by atoms with E-state index in [9.17, 15) is 4.79 Å². The van der Waals surface area contributed by atoms with Gasteiger partial charge in [0.1, 0.15) is 6.61 Å². The van der Waals surface area contributed by atoms with E-state index in [1.807, 2.05) is 91.0 Å². The third-order valence-electron chi connectivity index (χ3n) is 5.81. The number of hydrogen-bond donors (Lipinski definition) is 1. The predicted molar refractivity (Wildman–Crippen MR) is 140 cm³/mol. The first-order chi connectivity index (χ1) is 17.1. The van der Waals surface area contributed by atoms with Crippen molar-refractivity contribution < 1.29 is 14.3 Å². The molecule has 0 unspecified atom stereocenters. The van der Waals surface area contributed by atoms with Gasteiger partial charge < -0.3 is 14.8 Å². The van der Waals surface area contributed by atoms with Crippen molar-refractivity contribution in [3.05, 3.63) is 137 Å². The average Bonchev–Trinajstić information content (AvgIpc) is 2.91. The standard InChI is InChI=1S/C31H29NO3/c1-23-11-9-10-16-27(23)22-35-28-19-17-24(21-29(28)34-2)18-20-30(33)32-31(25-12-5-3-6-13-25)26-14-7-4-8-15-26/h3-21,31H,22H2,1-2H3,(H,32,33)/b20-18+. The Morgan fingerprint density at radius 2 is 1.46 bits per heavy atom. The summed E-state index contributed by atoms with van der Waals surface area (Å²) in [6.45, 7) is 2.52. The van der Waals surface area contributed by atoms with Crippen LogP contribution >= 0.6 is 0 Å². The minimum Gasteiger partial charge on any atom is -0.493 e. The van der Waals surface area contributed by atoms with E-state index in [1.54, 1.807) is 19.3 Å². The molecule has 4 rings (SSSR count). The number of rotatable bonds is 9. The fourth-order valence-corrected chi connectivity index (χ4v) is 3.85. The molecule has 176 valence electrons. The Hall–Kier alpha value is -4.31. The summed E-state index contributed by atoms with van der Waals surface area (Å²) in [5, 5.41) is 3.12.